The normalized spacial score (nSPS) is 14.3. The van der Waals surface area contributed by atoms with Crippen molar-refractivity contribution in [2.24, 2.45) is 0 Å². The fourth-order valence-electron chi connectivity index (χ4n) is 3.14. The monoisotopic (exact) mass is 435 g/mol. The van der Waals surface area contributed by atoms with Gasteiger partial charge >= 0.3 is 0 Å². The zero-order valence-corrected chi connectivity index (χ0v) is 17.5. The topological polar surface area (TPSA) is 95.6 Å². The lowest BCUT2D eigenvalue weighted by molar-refractivity contribution is -0.117. The molecule has 1 aliphatic rings. The quantitative estimate of drug-likeness (QED) is 0.698. The minimum Gasteiger partial charge on any atom is -0.326 e. The highest BCUT2D eigenvalue weighted by molar-refractivity contribution is 7.89. The van der Waals surface area contributed by atoms with Gasteiger partial charge in [-0.1, -0.05) is 23.7 Å². The molecule has 1 aliphatic heterocycles. The number of nitrogens with zero attached hydrogens (tertiary/aromatic N) is 1. The molecule has 2 aromatic rings. The van der Waals surface area contributed by atoms with Crippen LogP contribution >= 0.6 is 11.6 Å². The van der Waals surface area contributed by atoms with Crippen LogP contribution in [0.15, 0.2) is 47.4 Å². The van der Waals surface area contributed by atoms with Gasteiger partial charge in [-0.05, 0) is 55.8 Å². The van der Waals surface area contributed by atoms with Gasteiger partial charge in [-0.3, -0.25) is 9.59 Å². The lowest BCUT2D eigenvalue weighted by Gasteiger charge is -2.18. The lowest BCUT2D eigenvalue weighted by atomic mass is 10.1. The van der Waals surface area contributed by atoms with Crippen molar-refractivity contribution in [1.82, 2.24) is 4.72 Å². The Hall–Kier alpha value is -2.42. The molecule has 7 nitrogen and oxygen atoms in total. The second kappa shape index (κ2) is 8.94. The van der Waals surface area contributed by atoms with E-state index in [0.717, 1.165) is 12.0 Å². The van der Waals surface area contributed by atoms with Crippen LogP contribution in [0.3, 0.4) is 0 Å². The van der Waals surface area contributed by atoms with Crippen LogP contribution in [0.4, 0.5) is 11.4 Å². The number of hydrogen-bond acceptors (Lipinski definition) is 4. The van der Waals surface area contributed by atoms with Crippen LogP contribution in [-0.2, 0) is 26.0 Å². The number of halogens is 1. The molecule has 0 saturated carbocycles. The highest BCUT2D eigenvalue weighted by atomic mass is 35.5. The van der Waals surface area contributed by atoms with Gasteiger partial charge in [0.05, 0.1) is 15.6 Å². The number of hydrogen-bond donors (Lipinski definition) is 2. The SMILES string of the molecule is CNS(=O)(=O)c1ccc(CCC(=O)Nc2ccc(N3CCCC3=O)c(Cl)c2)cc1. The maximum Gasteiger partial charge on any atom is 0.240 e. The molecule has 2 aromatic carbocycles. The van der Waals surface area contributed by atoms with Crippen LogP contribution in [0.2, 0.25) is 5.02 Å². The van der Waals surface area contributed by atoms with Crippen molar-refractivity contribution in [2.45, 2.75) is 30.6 Å². The maximum absolute atomic E-state index is 12.2. The molecule has 0 spiro atoms. The Morgan fingerprint density at radius 2 is 1.90 bits per heavy atom. The molecule has 0 aromatic heterocycles. The Morgan fingerprint density at radius 1 is 1.17 bits per heavy atom. The summed E-state index contributed by atoms with van der Waals surface area (Å²) < 4.78 is 25.7. The van der Waals surface area contributed by atoms with E-state index in [9.17, 15) is 18.0 Å². The molecule has 2 amide bonds. The van der Waals surface area contributed by atoms with E-state index in [1.807, 2.05) is 0 Å². The number of carbonyl (C=O) groups excluding carboxylic acids is 2. The molecule has 154 valence electrons. The highest BCUT2D eigenvalue weighted by Gasteiger charge is 2.23. The number of carbonyl (C=O) groups is 2. The molecule has 1 fully saturated rings. The summed E-state index contributed by atoms with van der Waals surface area (Å²) in [7, 11) is -2.11. The highest BCUT2D eigenvalue weighted by Crippen LogP contribution is 2.31. The van der Waals surface area contributed by atoms with Crippen molar-refractivity contribution in [2.75, 3.05) is 23.8 Å². The van der Waals surface area contributed by atoms with Crippen molar-refractivity contribution in [3.05, 3.63) is 53.1 Å². The third kappa shape index (κ3) is 5.14. The minimum absolute atomic E-state index is 0.0530. The van der Waals surface area contributed by atoms with Crippen molar-refractivity contribution in [3.8, 4) is 0 Å². The van der Waals surface area contributed by atoms with Gasteiger partial charge in [0, 0.05) is 25.1 Å². The molecule has 29 heavy (non-hydrogen) atoms. The first-order valence-corrected chi connectivity index (χ1v) is 11.1. The molecule has 0 radical (unpaired) electrons. The molecule has 0 aliphatic carbocycles. The number of sulfonamides is 1. The minimum atomic E-state index is -3.47. The number of amides is 2. The molecule has 0 unspecified atom stereocenters. The van der Waals surface area contributed by atoms with Gasteiger partial charge in [0.2, 0.25) is 21.8 Å². The second-order valence-electron chi connectivity index (χ2n) is 6.71. The Labute approximate surface area is 175 Å². The standard InChI is InChI=1S/C20H22ClN3O4S/c1-22-29(27,28)16-8-4-14(5-9-16)6-11-19(25)23-15-7-10-18(17(21)13-15)24-12-2-3-20(24)26/h4-5,7-10,13,22H,2-3,6,11-12H2,1H3,(H,23,25). The molecule has 1 saturated heterocycles. The van der Waals surface area contributed by atoms with Crippen molar-refractivity contribution in [3.63, 3.8) is 0 Å². The lowest BCUT2D eigenvalue weighted by Crippen LogP contribution is -2.24. The van der Waals surface area contributed by atoms with Crippen LogP contribution < -0.4 is 14.9 Å². The predicted molar refractivity (Wildman–Crippen MR) is 113 cm³/mol. The van der Waals surface area contributed by atoms with E-state index in [-0.39, 0.29) is 23.1 Å². The van der Waals surface area contributed by atoms with Gasteiger partial charge in [-0.15, -0.1) is 0 Å². The Bertz CT molecular complexity index is 1020. The van der Waals surface area contributed by atoms with Crippen molar-refractivity contribution in [1.29, 1.82) is 0 Å². The number of rotatable bonds is 7. The van der Waals surface area contributed by atoms with Gasteiger partial charge in [-0.2, -0.15) is 0 Å². The zero-order chi connectivity index (χ0) is 21.0. The summed E-state index contributed by atoms with van der Waals surface area (Å²) >= 11 is 6.30. The van der Waals surface area contributed by atoms with Crippen LogP contribution in [-0.4, -0.2) is 33.8 Å². The number of benzene rings is 2. The van der Waals surface area contributed by atoms with E-state index >= 15 is 0 Å². The van der Waals surface area contributed by atoms with Crippen LogP contribution in [0, 0.1) is 0 Å². The average Bonchev–Trinajstić information content (AvgIpc) is 3.12. The average molecular weight is 436 g/mol. The summed E-state index contributed by atoms with van der Waals surface area (Å²) in [5.41, 5.74) is 2.07. The summed E-state index contributed by atoms with van der Waals surface area (Å²) in [6, 6.07) is 11.5. The molecule has 2 N–H and O–H groups in total. The van der Waals surface area contributed by atoms with E-state index in [4.69, 9.17) is 11.6 Å². The van der Waals surface area contributed by atoms with E-state index in [2.05, 4.69) is 10.0 Å². The third-order valence-electron chi connectivity index (χ3n) is 4.74. The van der Waals surface area contributed by atoms with E-state index in [1.165, 1.54) is 19.2 Å². The first kappa shape index (κ1) is 21.3. The Balaban J connectivity index is 1.57. The van der Waals surface area contributed by atoms with E-state index in [1.54, 1.807) is 35.2 Å². The smallest absolute Gasteiger partial charge is 0.240 e. The second-order valence-corrected chi connectivity index (χ2v) is 9.01. The molecule has 9 heteroatoms. The molecular formula is C20H22ClN3O4S. The number of anilines is 2. The van der Waals surface area contributed by atoms with E-state index < -0.39 is 10.0 Å². The molecule has 1 heterocycles. The Kier molecular flexibility index (Phi) is 6.56. The fraction of sp³-hybridized carbons (Fsp3) is 0.300. The van der Waals surface area contributed by atoms with Gasteiger partial charge in [0.25, 0.3) is 0 Å². The Morgan fingerprint density at radius 3 is 2.48 bits per heavy atom. The van der Waals surface area contributed by atoms with Gasteiger partial charge in [0.1, 0.15) is 0 Å². The van der Waals surface area contributed by atoms with Crippen molar-refractivity contribution < 1.29 is 18.0 Å². The summed E-state index contributed by atoms with van der Waals surface area (Å²) in [4.78, 5) is 25.9. The number of aryl methyl sites for hydroxylation is 1. The first-order chi connectivity index (χ1) is 13.8. The molecule has 0 atom stereocenters. The van der Waals surface area contributed by atoms with Gasteiger partial charge in [-0.25, -0.2) is 13.1 Å². The largest absolute Gasteiger partial charge is 0.326 e. The van der Waals surface area contributed by atoms with E-state index in [0.29, 0.717) is 35.8 Å². The third-order valence-corrected chi connectivity index (χ3v) is 6.47. The maximum atomic E-state index is 12.2. The summed E-state index contributed by atoms with van der Waals surface area (Å²) in [6.45, 7) is 0.651. The van der Waals surface area contributed by atoms with Gasteiger partial charge in [0.15, 0.2) is 0 Å². The molecule has 0 bridgehead atoms. The number of nitrogens with one attached hydrogen (secondary N) is 2. The van der Waals surface area contributed by atoms with Crippen LogP contribution in [0.5, 0.6) is 0 Å². The van der Waals surface area contributed by atoms with Gasteiger partial charge < -0.3 is 10.2 Å². The summed E-state index contributed by atoms with van der Waals surface area (Å²) in [5.74, 6) is -0.129. The predicted octanol–water partition coefficient (Wildman–Crippen LogP) is 2.95. The van der Waals surface area contributed by atoms with Crippen molar-refractivity contribution >= 4 is 44.8 Å². The van der Waals surface area contributed by atoms with Crippen LogP contribution in [0.1, 0.15) is 24.8 Å². The fourth-order valence-corrected chi connectivity index (χ4v) is 4.15. The van der Waals surface area contributed by atoms with Crippen LogP contribution in [0.25, 0.3) is 0 Å². The molecule has 3 rings (SSSR count). The zero-order valence-electron chi connectivity index (χ0n) is 15.9. The first-order valence-electron chi connectivity index (χ1n) is 9.22. The summed E-state index contributed by atoms with van der Waals surface area (Å²) in [6.07, 6.45) is 2.05. The summed E-state index contributed by atoms with van der Waals surface area (Å²) in [5, 5.41) is 3.21. The molecular weight excluding hydrogens is 414 g/mol.